The van der Waals surface area contributed by atoms with E-state index < -0.39 is 174 Å². The Hall–Kier alpha value is -6.21. The number of nitrogens with one attached hydrogen (secondary N) is 4. The lowest BCUT2D eigenvalue weighted by Gasteiger charge is -2.41. The molecule has 7 N–H and O–H groups in total. The average Bonchev–Trinajstić information content (AvgIpc) is 1.69. The number of carbonyl (C=O) groups is 11. The summed E-state index contributed by atoms with van der Waals surface area (Å²) in [6.07, 6.45) is 2.56. The molecule has 11 amide bonds. The molecule has 1 rings (SSSR count). The Bertz CT molecular complexity index is 2450. The number of amides is 11. The zero-order chi connectivity index (χ0) is 69.2. The third-order valence-corrected chi connectivity index (χ3v) is 16.9. The number of allylic oxidation sites excluding steroid dienone is 2. The van der Waals surface area contributed by atoms with Crippen molar-refractivity contribution in [3.8, 4) is 0 Å². The van der Waals surface area contributed by atoms with Gasteiger partial charge in [-0.3, -0.25) is 52.7 Å². The molecule has 510 valence electrons. The molecule has 1 aliphatic heterocycles. The van der Waals surface area contributed by atoms with E-state index in [9.17, 15) is 53.7 Å². The van der Waals surface area contributed by atoms with Crippen molar-refractivity contribution in [1.29, 1.82) is 0 Å². The van der Waals surface area contributed by atoms with Crippen LogP contribution in [-0.4, -0.2) is 249 Å². The topological polar surface area (TPSA) is 319 Å². The number of carbonyl (C=O) groups excluding carboxylic acids is 11. The van der Waals surface area contributed by atoms with Crippen molar-refractivity contribution in [3.05, 3.63) is 12.2 Å². The van der Waals surface area contributed by atoms with Gasteiger partial charge in [0.05, 0.1) is 18.3 Å². The molecule has 0 aromatic carbocycles. The van der Waals surface area contributed by atoms with Crippen LogP contribution in [0.1, 0.15) is 163 Å². The minimum absolute atomic E-state index is 0.0531. The fraction of sp³-hybridized carbons (Fsp3) is 0.797. The van der Waals surface area contributed by atoms with Crippen LogP contribution >= 0.6 is 0 Å². The van der Waals surface area contributed by atoms with Crippen molar-refractivity contribution in [2.75, 3.05) is 55.9 Å². The Morgan fingerprint density at radius 2 is 0.944 bits per heavy atom. The number of hydrogen-bond acceptors (Lipinski definition) is 14. The monoisotopic (exact) mass is 1260 g/mol. The molecule has 0 aliphatic carbocycles. The van der Waals surface area contributed by atoms with Crippen molar-refractivity contribution < 1.29 is 68.1 Å². The molecule has 1 saturated heterocycles. The average molecular weight is 1260 g/mol. The summed E-state index contributed by atoms with van der Waals surface area (Å²) in [6.45, 7) is 27.6. The molecule has 25 nitrogen and oxygen atoms in total. The first-order valence-corrected chi connectivity index (χ1v) is 31.7. The normalized spacial score (nSPS) is 27.2. The second kappa shape index (κ2) is 36.0. The van der Waals surface area contributed by atoms with Gasteiger partial charge in [0.25, 0.3) is 0 Å². The van der Waals surface area contributed by atoms with Crippen molar-refractivity contribution in [2.45, 2.75) is 241 Å². The molecule has 1 aliphatic rings. The second-order valence-electron chi connectivity index (χ2n) is 27.2. The summed E-state index contributed by atoms with van der Waals surface area (Å²) in [4.78, 5) is 169. The van der Waals surface area contributed by atoms with E-state index in [2.05, 4.69) is 21.3 Å². The molecule has 0 spiro atoms. The Balaban J connectivity index is 4.47. The van der Waals surface area contributed by atoms with E-state index in [1.54, 1.807) is 60.6 Å². The van der Waals surface area contributed by atoms with Crippen LogP contribution in [0.2, 0.25) is 0 Å². The second-order valence-corrected chi connectivity index (χ2v) is 27.2. The standard InChI is InChI=1S/C64H115N11O14/c1-25-27-28-40(13)52(77)51-56(81)67-43(26-2)58(83)73(22)48(34-76)61(86)72(21)47(33-64(16,17)89)55(80)68-49(38(9)10)62(87)70(19)45(31-36(5)6)54(79)65-41(14)53(78)66-42(15)57(82)71(20)46(32-37(7)8)60(85)69(18)44(30-29-35(3)4)59(84)74(23)50(39(11)12)63(88)75(51)24/h25,27,35-52,76-77,89H,26,28-34H2,1-24H3,(H,65,79)(H,66,78)(H,67,81)(H,68,80)/b27-25+/t40-,41-,42+,43-,44-,45-,46+,47+,48?,49-,50-,51+,52-/m1/s1. The summed E-state index contributed by atoms with van der Waals surface area (Å²) in [7, 11) is 9.43. The summed E-state index contributed by atoms with van der Waals surface area (Å²) in [5.41, 5.74) is -1.63. The maximum Gasteiger partial charge on any atom is 0.248 e. The van der Waals surface area contributed by atoms with E-state index in [-0.39, 0.29) is 49.9 Å². The third kappa shape index (κ3) is 22.6. The van der Waals surface area contributed by atoms with Gasteiger partial charge in [-0.05, 0) is 109 Å². The van der Waals surface area contributed by atoms with Crippen molar-refractivity contribution in [3.63, 3.8) is 0 Å². The number of hydrogen-bond donors (Lipinski definition) is 7. The number of nitrogens with zero attached hydrogens (tertiary/aromatic N) is 7. The summed E-state index contributed by atoms with van der Waals surface area (Å²) < 4.78 is 0. The largest absolute Gasteiger partial charge is 0.394 e. The van der Waals surface area contributed by atoms with Crippen molar-refractivity contribution in [1.82, 2.24) is 55.6 Å². The summed E-state index contributed by atoms with van der Waals surface area (Å²) in [5.74, 6) is -10.8. The van der Waals surface area contributed by atoms with Crippen LogP contribution in [0, 0.1) is 35.5 Å². The van der Waals surface area contributed by atoms with Crippen LogP contribution in [0.3, 0.4) is 0 Å². The highest BCUT2D eigenvalue weighted by Gasteiger charge is 2.46. The minimum Gasteiger partial charge on any atom is -0.394 e. The van der Waals surface area contributed by atoms with Gasteiger partial charge in [0.2, 0.25) is 65.0 Å². The van der Waals surface area contributed by atoms with Crippen LogP contribution in [0.15, 0.2) is 12.2 Å². The Labute approximate surface area is 531 Å². The summed E-state index contributed by atoms with van der Waals surface area (Å²) in [6, 6.07) is -15.1. The number of likely N-dealkylation sites (N-methyl/N-ethyl adjacent to an activating group) is 7. The SMILES string of the molecule is C/C=C/C[C@@H](C)[C@@H](O)[C@H]1C(=O)N[C@H](CC)C(=O)N(C)C(CO)C(=O)N(C)[C@@H](CC(C)(C)O)C(=O)N[C@H](C(C)C)C(=O)N(C)[C@H](CC(C)C)C(=O)N[C@H](C)C(=O)N[C@@H](C)C(=O)N(C)[C@@H](CC(C)C)C(=O)N(C)[C@H](CCC(C)C)C(=O)N(C)[C@H](C(C)C)C(=O)N1C. The van der Waals surface area contributed by atoms with E-state index in [1.807, 2.05) is 41.5 Å². The molecule has 0 aromatic heterocycles. The molecule has 1 fully saturated rings. The Morgan fingerprint density at radius 1 is 0.494 bits per heavy atom. The van der Waals surface area contributed by atoms with Gasteiger partial charge in [0.15, 0.2) is 0 Å². The zero-order valence-corrected chi connectivity index (χ0v) is 58.2. The molecule has 0 aromatic rings. The molecule has 1 unspecified atom stereocenters. The Morgan fingerprint density at radius 3 is 1.42 bits per heavy atom. The fourth-order valence-electron chi connectivity index (χ4n) is 11.1. The van der Waals surface area contributed by atoms with Gasteiger partial charge in [0, 0.05) is 55.8 Å². The number of rotatable bonds is 17. The van der Waals surface area contributed by atoms with Crippen LogP contribution in [0.5, 0.6) is 0 Å². The van der Waals surface area contributed by atoms with Gasteiger partial charge in [-0.25, -0.2) is 0 Å². The van der Waals surface area contributed by atoms with Crippen LogP contribution < -0.4 is 21.3 Å². The molecular formula is C64H115N11O14. The Kier molecular flexibility index (Phi) is 32.7. The first-order valence-electron chi connectivity index (χ1n) is 31.7. The van der Waals surface area contributed by atoms with Gasteiger partial charge in [-0.15, -0.1) is 0 Å². The molecule has 89 heavy (non-hydrogen) atoms. The van der Waals surface area contributed by atoms with E-state index in [0.717, 1.165) is 19.6 Å². The van der Waals surface area contributed by atoms with Crippen LogP contribution in [-0.2, 0) is 52.7 Å². The predicted octanol–water partition coefficient (Wildman–Crippen LogP) is 2.13. The highest BCUT2D eigenvalue weighted by Crippen LogP contribution is 2.26. The smallest absolute Gasteiger partial charge is 0.248 e. The first-order chi connectivity index (χ1) is 41.0. The molecule has 1 heterocycles. The fourth-order valence-corrected chi connectivity index (χ4v) is 11.1. The minimum atomic E-state index is -1.70. The zero-order valence-electron chi connectivity index (χ0n) is 58.2. The van der Waals surface area contributed by atoms with Crippen LogP contribution in [0.4, 0.5) is 0 Å². The molecule has 13 atom stereocenters. The lowest BCUT2D eigenvalue weighted by Crippen LogP contribution is -2.64. The van der Waals surface area contributed by atoms with Gasteiger partial charge in [-0.2, -0.15) is 0 Å². The van der Waals surface area contributed by atoms with E-state index >= 15 is 14.4 Å². The highest BCUT2D eigenvalue weighted by molar-refractivity contribution is 6.00. The van der Waals surface area contributed by atoms with Crippen molar-refractivity contribution in [2.24, 2.45) is 35.5 Å². The highest BCUT2D eigenvalue weighted by atomic mass is 16.3. The molecule has 0 radical (unpaired) electrons. The third-order valence-electron chi connectivity index (χ3n) is 16.9. The van der Waals surface area contributed by atoms with Gasteiger partial charge >= 0.3 is 0 Å². The lowest BCUT2D eigenvalue weighted by atomic mass is 9.91. The quantitative estimate of drug-likeness (QED) is 0.103. The first kappa shape index (κ1) is 80.8. The molecule has 0 bridgehead atoms. The summed E-state index contributed by atoms with van der Waals surface area (Å²) >= 11 is 0. The van der Waals surface area contributed by atoms with Gasteiger partial charge in [-0.1, -0.05) is 95.2 Å². The maximum absolute atomic E-state index is 15.2. The van der Waals surface area contributed by atoms with Gasteiger partial charge < -0.3 is 70.9 Å². The van der Waals surface area contributed by atoms with Gasteiger partial charge in [0.1, 0.15) is 66.5 Å². The van der Waals surface area contributed by atoms with E-state index in [1.165, 1.54) is 91.7 Å². The number of aliphatic hydroxyl groups is 3. The summed E-state index contributed by atoms with van der Waals surface area (Å²) in [5, 5.41) is 45.0. The molecule has 0 saturated carbocycles. The lowest BCUT2D eigenvalue weighted by molar-refractivity contribution is -0.157. The molecule has 25 heteroatoms. The maximum atomic E-state index is 15.2. The van der Waals surface area contributed by atoms with Crippen molar-refractivity contribution >= 4 is 65.0 Å². The number of aliphatic hydroxyl groups excluding tert-OH is 2. The van der Waals surface area contributed by atoms with Crippen LogP contribution in [0.25, 0.3) is 0 Å². The van der Waals surface area contributed by atoms with E-state index in [0.29, 0.717) is 6.42 Å². The van der Waals surface area contributed by atoms with E-state index in [4.69, 9.17) is 0 Å². The predicted molar refractivity (Wildman–Crippen MR) is 341 cm³/mol. The molecular weight excluding hydrogens is 1150 g/mol.